The first kappa shape index (κ1) is 15.7. The normalized spacial score (nSPS) is 17.6. The van der Waals surface area contributed by atoms with Gasteiger partial charge in [-0.05, 0) is 36.6 Å². The maximum absolute atomic E-state index is 12.1. The Morgan fingerprint density at radius 3 is 3.00 bits per heavy atom. The highest BCUT2D eigenvalue weighted by Crippen LogP contribution is 2.22. The number of likely N-dealkylation sites (tertiary alicyclic amines) is 1. The molecule has 2 heterocycles. The summed E-state index contributed by atoms with van der Waals surface area (Å²) in [6, 6.07) is 5.46. The Bertz CT molecular complexity index is 743. The maximum Gasteiger partial charge on any atom is 0.317 e. The second-order valence-electron chi connectivity index (χ2n) is 5.76. The molecule has 23 heavy (non-hydrogen) atoms. The standard InChI is InChI=1S/C16H18ClN3O3/c17-12-1-2-14-13(7-12)10(8-19-14)3-5-18-16(23)20-6-4-11(9-20)15(21)22/h1-2,7-8,11,19H,3-6,9H2,(H,18,23)(H,21,22). The second-order valence-corrected chi connectivity index (χ2v) is 6.19. The Balaban J connectivity index is 1.54. The zero-order chi connectivity index (χ0) is 16.4. The van der Waals surface area contributed by atoms with Crippen molar-refractivity contribution < 1.29 is 14.7 Å². The molecule has 6 nitrogen and oxygen atoms in total. The summed E-state index contributed by atoms with van der Waals surface area (Å²) in [6.45, 7) is 1.27. The van der Waals surface area contributed by atoms with Crippen LogP contribution in [0.25, 0.3) is 10.9 Å². The predicted octanol–water partition coefficient (Wildman–Crippen LogP) is 2.48. The van der Waals surface area contributed by atoms with Gasteiger partial charge in [-0.15, -0.1) is 0 Å². The zero-order valence-corrected chi connectivity index (χ0v) is 13.3. The number of urea groups is 1. The number of carboxylic acid groups (broad SMARTS) is 1. The molecule has 3 rings (SSSR count). The van der Waals surface area contributed by atoms with Gasteiger partial charge in [0, 0.05) is 41.8 Å². The molecule has 0 radical (unpaired) electrons. The lowest BCUT2D eigenvalue weighted by atomic mass is 10.1. The average molecular weight is 336 g/mol. The molecule has 1 unspecified atom stereocenters. The van der Waals surface area contributed by atoms with Crippen molar-refractivity contribution in [3.8, 4) is 0 Å². The van der Waals surface area contributed by atoms with Crippen LogP contribution in [0.1, 0.15) is 12.0 Å². The fourth-order valence-corrected chi connectivity index (χ4v) is 3.09. The van der Waals surface area contributed by atoms with Crippen LogP contribution in [-0.2, 0) is 11.2 Å². The Kier molecular flexibility index (Phi) is 4.43. The number of nitrogens with zero attached hydrogens (tertiary/aromatic N) is 1. The lowest BCUT2D eigenvalue weighted by molar-refractivity contribution is -0.141. The molecule has 0 bridgehead atoms. The lowest BCUT2D eigenvalue weighted by Crippen LogP contribution is -2.39. The predicted molar refractivity (Wildman–Crippen MR) is 87.7 cm³/mol. The Morgan fingerprint density at radius 1 is 1.43 bits per heavy atom. The average Bonchev–Trinajstić information content (AvgIpc) is 3.14. The number of aromatic amines is 1. The third-order valence-electron chi connectivity index (χ3n) is 4.22. The highest BCUT2D eigenvalue weighted by molar-refractivity contribution is 6.31. The molecule has 0 spiro atoms. The van der Waals surface area contributed by atoms with Gasteiger partial charge >= 0.3 is 12.0 Å². The minimum atomic E-state index is -0.837. The first-order valence-electron chi connectivity index (χ1n) is 7.55. The highest BCUT2D eigenvalue weighted by atomic mass is 35.5. The van der Waals surface area contributed by atoms with Gasteiger partial charge in [-0.1, -0.05) is 11.6 Å². The van der Waals surface area contributed by atoms with E-state index in [1.807, 2.05) is 24.4 Å². The van der Waals surface area contributed by atoms with Crippen molar-refractivity contribution in [1.82, 2.24) is 15.2 Å². The third kappa shape index (κ3) is 3.42. The number of aliphatic carboxylic acids is 1. The molecule has 7 heteroatoms. The first-order chi connectivity index (χ1) is 11.0. The number of halogens is 1. The maximum atomic E-state index is 12.1. The molecular weight excluding hydrogens is 318 g/mol. The summed E-state index contributed by atoms with van der Waals surface area (Å²) in [4.78, 5) is 27.7. The van der Waals surface area contributed by atoms with Gasteiger partial charge in [0.2, 0.25) is 0 Å². The van der Waals surface area contributed by atoms with Gasteiger partial charge in [0.15, 0.2) is 0 Å². The van der Waals surface area contributed by atoms with Crippen molar-refractivity contribution in [3.63, 3.8) is 0 Å². The van der Waals surface area contributed by atoms with Crippen LogP contribution in [0, 0.1) is 5.92 Å². The first-order valence-corrected chi connectivity index (χ1v) is 7.93. The number of carboxylic acids is 1. The van der Waals surface area contributed by atoms with Gasteiger partial charge in [0.1, 0.15) is 0 Å². The van der Waals surface area contributed by atoms with E-state index >= 15 is 0 Å². The molecule has 1 aromatic heterocycles. The fourth-order valence-electron chi connectivity index (χ4n) is 2.92. The van der Waals surface area contributed by atoms with Crippen LogP contribution in [0.4, 0.5) is 4.79 Å². The summed E-state index contributed by atoms with van der Waals surface area (Å²) in [5.74, 6) is -1.28. The summed E-state index contributed by atoms with van der Waals surface area (Å²) < 4.78 is 0. The topological polar surface area (TPSA) is 85.4 Å². The van der Waals surface area contributed by atoms with Crippen LogP contribution < -0.4 is 5.32 Å². The number of nitrogens with one attached hydrogen (secondary N) is 2. The molecule has 1 saturated heterocycles. The largest absolute Gasteiger partial charge is 0.481 e. The van der Waals surface area contributed by atoms with Gasteiger partial charge in [-0.25, -0.2) is 4.79 Å². The van der Waals surface area contributed by atoms with Crippen molar-refractivity contribution in [2.45, 2.75) is 12.8 Å². The van der Waals surface area contributed by atoms with Gasteiger partial charge < -0.3 is 20.3 Å². The minimum absolute atomic E-state index is 0.202. The van der Waals surface area contributed by atoms with Gasteiger partial charge in [-0.2, -0.15) is 0 Å². The van der Waals surface area contributed by atoms with E-state index in [1.165, 1.54) is 0 Å². The van der Waals surface area contributed by atoms with Crippen molar-refractivity contribution in [2.24, 2.45) is 5.92 Å². The number of H-pyrrole nitrogens is 1. The number of aromatic nitrogens is 1. The zero-order valence-electron chi connectivity index (χ0n) is 12.5. The number of benzene rings is 1. The van der Waals surface area contributed by atoms with Crippen molar-refractivity contribution in [3.05, 3.63) is 35.0 Å². The monoisotopic (exact) mass is 335 g/mol. The third-order valence-corrected chi connectivity index (χ3v) is 4.46. The van der Waals surface area contributed by atoms with Crippen LogP contribution in [0.3, 0.4) is 0 Å². The van der Waals surface area contributed by atoms with Crippen LogP contribution in [0.5, 0.6) is 0 Å². The van der Waals surface area contributed by atoms with E-state index < -0.39 is 11.9 Å². The molecule has 1 fully saturated rings. The van der Waals surface area contributed by atoms with Gasteiger partial charge in [0.05, 0.1) is 5.92 Å². The summed E-state index contributed by atoms with van der Waals surface area (Å²) in [5.41, 5.74) is 2.10. The Hall–Kier alpha value is -2.21. The smallest absolute Gasteiger partial charge is 0.317 e. The SMILES string of the molecule is O=C(O)C1CCN(C(=O)NCCc2c[nH]c3ccc(Cl)cc23)C1. The number of hydrogen-bond donors (Lipinski definition) is 3. The van der Waals surface area contributed by atoms with Crippen molar-refractivity contribution in [2.75, 3.05) is 19.6 Å². The summed E-state index contributed by atoms with van der Waals surface area (Å²) >= 11 is 6.02. The van der Waals surface area contributed by atoms with E-state index in [9.17, 15) is 9.59 Å². The highest BCUT2D eigenvalue weighted by Gasteiger charge is 2.30. The van der Waals surface area contributed by atoms with E-state index in [4.69, 9.17) is 16.7 Å². The quantitative estimate of drug-likeness (QED) is 0.802. The summed E-state index contributed by atoms with van der Waals surface area (Å²) in [6.07, 6.45) is 3.12. The number of hydrogen-bond acceptors (Lipinski definition) is 2. The lowest BCUT2D eigenvalue weighted by Gasteiger charge is -2.16. The molecule has 1 aromatic carbocycles. The molecule has 0 saturated carbocycles. The van der Waals surface area contributed by atoms with Crippen molar-refractivity contribution in [1.29, 1.82) is 0 Å². The van der Waals surface area contributed by atoms with Gasteiger partial charge in [0.25, 0.3) is 0 Å². The number of rotatable bonds is 4. The molecule has 1 aliphatic heterocycles. The Morgan fingerprint density at radius 2 is 2.26 bits per heavy atom. The molecule has 2 amide bonds. The second kappa shape index (κ2) is 6.50. The van der Waals surface area contributed by atoms with E-state index in [-0.39, 0.29) is 12.6 Å². The summed E-state index contributed by atoms with van der Waals surface area (Å²) in [7, 11) is 0. The molecule has 1 aliphatic rings. The molecule has 1 atom stereocenters. The summed E-state index contributed by atoms with van der Waals surface area (Å²) in [5, 5.41) is 13.5. The van der Waals surface area contributed by atoms with Crippen molar-refractivity contribution >= 4 is 34.5 Å². The number of carbonyl (C=O) groups is 2. The molecule has 3 N–H and O–H groups in total. The molecule has 0 aliphatic carbocycles. The molecule has 122 valence electrons. The van der Waals surface area contributed by atoms with Gasteiger partial charge in [-0.3, -0.25) is 4.79 Å². The minimum Gasteiger partial charge on any atom is -0.481 e. The van der Waals surface area contributed by atoms with Crippen LogP contribution >= 0.6 is 11.6 Å². The van der Waals surface area contributed by atoms with Crippen LogP contribution in [-0.4, -0.2) is 46.6 Å². The van der Waals surface area contributed by atoms with E-state index in [2.05, 4.69) is 10.3 Å². The fraction of sp³-hybridized carbons (Fsp3) is 0.375. The molecule has 2 aromatic rings. The number of amides is 2. The molecular formula is C16H18ClN3O3. The Labute approximate surface area is 138 Å². The van der Waals surface area contributed by atoms with Crippen LogP contribution in [0.2, 0.25) is 5.02 Å². The van der Waals surface area contributed by atoms with E-state index in [0.29, 0.717) is 31.0 Å². The number of fused-ring (bicyclic) bond motifs is 1. The van der Waals surface area contributed by atoms with E-state index in [1.54, 1.807) is 4.90 Å². The van der Waals surface area contributed by atoms with E-state index in [0.717, 1.165) is 16.5 Å². The van der Waals surface area contributed by atoms with Crippen LogP contribution in [0.15, 0.2) is 24.4 Å². The number of carbonyl (C=O) groups excluding carboxylic acids is 1.